The van der Waals surface area contributed by atoms with Gasteiger partial charge in [0.25, 0.3) is 0 Å². The molecular weight excluding hydrogens is 323 g/mol. The molecule has 0 radical (unpaired) electrons. The Hall–Kier alpha value is -0.0636. The van der Waals surface area contributed by atoms with E-state index in [4.69, 9.17) is 0 Å². The van der Waals surface area contributed by atoms with Crippen molar-refractivity contribution in [3.63, 3.8) is 0 Å². The van der Waals surface area contributed by atoms with Crippen LogP contribution in [0.2, 0.25) is 0 Å². The van der Waals surface area contributed by atoms with Crippen LogP contribution in [-0.2, 0) is 6.42 Å². The maximum atomic E-state index is 12.6. The van der Waals surface area contributed by atoms with E-state index in [0.717, 1.165) is 49.7 Å². The van der Waals surface area contributed by atoms with Crippen molar-refractivity contribution in [2.75, 3.05) is 0 Å². The number of unbranched alkanes of at least 4 members (excludes halogenated alkanes) is 2. The summed E-state index contributed by atoms with van der Waals surface area (Å²) in [6.07, 6.45) is 8.42. The first-order valence-electron chi connectivity index (χ1n) is 8.79. The standard InChI is InChI=1S/C21H30O2.K/c1-5-6-7-8-16-12-19(22)21(20(23)13-16)18-11-15(4)9-10-17(18)14(2)3;/h11-13,17-18,22-23H,2,5-10H2,1,3-4H3;/q;+1/p-1/t17-,18+;/m0./s1. The van der Waals surface area contributed by atoms with E-state index < -0.39 is 0 Å². The van der Waals surface area contributed by atoms with E-state index in [1.807, 2.05) is 6.92 Å². The molecule has 0 heterocycles. The first-order valence-corrected chi connectivity index (χ1v) is 8.79. The summed E-state index contributed by atoms with van der Waals surface area (Å²) in [4.78, 5) is 0. The molecule has 2 rings (SSSR count). The molecular formula is C21H29KO2. The van der Waals surface area contributed by atoms with Crippen LogP contribution < -0.4 is 56.5 Å². The summed E-state index contributed by atoms with van der Waals surface area (Å²) in [6, 6.07) is 3.51. The summed E-state index contributed by atoms with van der Waals surface area (Å²) in [7, 11) is 0. The molecule has 0 amide bonds. The minimum atomic E-state index is -0.0431. The smallest absolute Gasteiger partial charge is 0.872 e. The molecule has 1 aromatic rings. The molecule has 126 valence electrons. The summed E-state index contributed by atoms with van der Waals surface area (Å²) in [6.45, 7) is 10.4. The number of aryl methyl sites for hydroxylation is 1. The molecule has 2 nitrogen and oxygen atoms in total. The second kappa shape index (κ2) is 10.2. The maximum absolute atomic E-state index is 12.6. The Labute approximate surface area is 189 Å². The summed E-state index contributed by atoms with van der Waals surface area (Å²) in [5, 5.41) is 23.2. The number of phenolic OH excluding ortho intramolecular Hbond substituents is 1. The van der Waals surface area contributed by atoms with Gasteiger partial charge in [-0.1, -0.05) is 49.6 Å². The van der Waals surface area contributed by atoms with E-state index in [-0.39, 0.29) is 74.7 Å². The van der Waals surface area contributed by atoms with E-state index in [2.05, 4.69) is 26.5 Å². The molecule has 1 aliphatic rings. The number of hydrogen-bond donors (Lipinski definition) is 1. The minimum Gasteiger partial charge on any atom is -0.872 e. The second-order valence-corrected chi connectivity index (χ2v) is 7.01. The fourth-order valence-electron chi connectivity index (χ4n) is 3.63. The van der Waals surface area contributed by atoms with Crippen molar-refractivity contribution >= 4 is 0 Å². The van der Waals surface area contributed by atoms with E-state index in [1.165, 1.54) is 5.57 Å². The van der Waals surface area contributed by atoms with Gasteiger partial charge in [-0.3, -0.25) is 0 Å². The molecule has 0 aliphatic heterocycles. The molecule has 0 aromatic heterocycles. The Bertz CT molecular complexity index is 581. The fraction of sp³-hybridized carbons (Fsp3) is 0.524. The van der Waals surface area contributed by atoms with E-state index in [0.29, 0.717) is 5.56 Å². The van der Waals surface area contributed by atoms with Crippen molar-refractivity contribution in [3.05, 3.63) is 47.1 Å². The largest absolute Gasteiger partial charge is 1.00 e. The zero-order chi connectivity index (χ0) is 17.0. The van der Waals surface area contributed by atoms with Gasteiger partial charge in [0.05, 0.1) is 0 Å². The van der Waals surface area contributed by atoms with Crippen LogP contribution >= 0.6 is 0 Å². The van der Waals surface area contributed by atoms with Crippen molar-refractivity contribution in [1.29, 1.82) is 0 Å². The van der Waals surface area contributed by atoms with Crippen molar-refractivity contribution < 1.29 is 61.6 Å². The third-order valence-corrected chi connectivity index (χ3v) is 4.96. The first-order chi connectivity index (χ1) is 10.9. The zero-order valence-corrected chi connectivity index (χ0v) is 18.8. The summed E-state index contributed by atoms with van der Waals surface area (Å²) in [5.41, 5.74) is 3.88. The minimum absolute atomic E-state index is 0. The van der Waals surface area contributed by atoms with Crippen LogP contribution in [0.5, 0.6) is 11.5 Å². The summed E-state index contributed by atoms with van der Waals surface area (Å²) >= 11 is 0. The Balaban J connectivity index is 0.00000288. The Kier molecular flexibility index (Phi) is 9.32. The Morgan fingerprint density at radius 2 is 2.04 bits per heavy atom. The van der Waals surface area contributed by atoms with Gasteiger partial charge in [0.1, 0.15) is 5.75 Å². The molecule has 0 fully saturated rings. The van der Waals surface area contributed by atoms with Crippen LogP contribution in [0.25, 0.3) is 0 Å². The molecule has 0 saturated heterocycles. The van der Waals surface area contributed by atoms with Gasteiger partial charge < -0.3 is 10.2 Å². The molecule has 0 bridgehead atoms. The fourth-order valence-corrected chi connectivity index (χ4v) is 3.63. The van der Waals surface area contributed by atoms with E-state index in [1.54, 1.807) is 12.1 Å². The van der Waals surface area contributed by atoms with Crippen LogP contribution in [0.4, 0.5) is 0 Å². The van der Waals surface area contributed by atoms with Crippen LogP contribution in [-0.4, -0.2) is 5.11 Å². The number of rotatable bonds is 6. The molecule has 24 heavy (non-hydrogen) atoms. The first kappa shape index (κ1) is 22.0. The van der Waals surface area contributed by atoms with Gasteiger partial charge in [0.15, 0.2) is 0 Å². The van der Waals surface area contributed by atoms with Gasteiger partial charge in [-0.25, -0.2) is 0 Å². The number of allylic oxidation sites excluding steroid dienone is 3. The molecule has 2 atom stereocenters. The van der Waals surface area contributed by atoms with Crippen LogP contribution in [0, 0.1) is 5.92 Å². The van der Waals surface area contributed by atoms with E-state index in [9.17, 15) is 10.2 Å². The van der Waals surface area contributed by atoms with Gasteiger partial charge in [-0.2, -0.15) is 0 Å². The average Bonchev–Trinajstić information content (AvgIpc) is 2.46. The summed E-state index contributed by atoms with van der Waals surface area (Å²) < 4.78 is 0. The predicted octanol–water partition coefficient (Wildman–Crippen LogP) is 2.22. The van der Waals surface area contributed by atoms with Crippen LogP contribution in [0.15, 0.2) is 35.9 Å². The number of phenols is 1. The molecule has 3 heteroatoms. The quantitative estimate of drug-likeness (QED) is 0.485. The number of hydrogen-bond acceptors (Lipinski definition) is 2. The van der Waals surface area contributed by atoms with Crippen molar-refractivity contribution in [3.8, 4) is 11.5 Å². The average molecular weight is 353 g/mol. The molecule has 0 spiro atoms. The van der Waals surface area contributed by atoms with Gasteiger partial charge in [0.2, 0.25) is 0 Å². The molecule has 1 aliphatic carbocycles. The van der Waals surface area contributed by atoms with Crippen LogP contribution in [0.3, 0.4) is 0 Å². The topological polar surface area (TPSA) is 43.3 Å². The van der Waals surface area contributed by atoms with Crippen LogP contribution in [0.1, 0.15) is 69.9 Å². The third-order valence-electron chi connectivity index (χ3n) is 4.96. The van der Waals surface area contributed by atoms with Gasteiger partial charge in [-0.15, -0.1) is 5.75 Å². The number of benzene rings is 1. The Morgan fingerprint density at radius 1 is 1.33 bits per heavy atom. The van der Waals surface area contributed by atoms with E-state index >= 15 is 0 Å². The molecule has 0 saturated carbocycles. The zero-order valence-electron chi connectivity index (χ0n) is 15.7. The van der Waals surface area contributed by atoms with Crippen molar-refractivity contribution in [1.82, 2.24) is 0 Å². The Morgan fingerprint density at radius 3 is 2.62 bits per heavy atom. The SMILES string of the molecule is C=C(C)[C@@H]1CCC(C)=C[C@H]1c1c([O-])cc(CCCCC)cc1O.[K+]. The van der Waals surface area contributed by atoms with Crippen molar-refractivity contribution in [2.45, 2.75) is 65.2 Å². The van der Waals surface area contributed by atoms with Crippen molar-refractivity contribution in [2.24, 2.45) is 5.92 Å². The third kappa shape index (κ3) is 5.47. The molecule has 0 unspecified atom stereocenters. The monoisotopic (exact) mass is 352 g/mol. The van der Waals surface area contributed by atoms with Gasteiger partial charge in [0, 0.05) is 5.92 Å². The predicted molar refractivity (Wildman–Crippen MR) is 94.8 cm³/mol. The number of aromatic hydroxyl groups is 1. The molecule has 1 N–H and O–H groups in total. The molecule has 1 aromatic carbocycles. The normalized spacial score (nSPS) is 20.2. The summed E-state index contributed by atoms with van der Waals surface area (Å²) in [5.74, 6) is 0.326. The van der Waals surface area contributed by atoms with Gasteiger partial charge in [-0.05, 0) is 62.6 Å². The second-order valence-electron chi connectivity index (χ2n) is 7.01. The maximum Gasteiger partial charge on any atom is 1.00 e. The van der Waals surface area contributed by atoms with Gasteiger partial charge >= 0.3 is 51.4 Å².